The van der Waals surface area contributed by atoms with Crippen molar-refractivity contribution in [2.45, 2.75) is 18.8 Å². The summed E-state index contributed by atoms with van der Waals surface area (Å²) in [4.78, 5) is 51.6. The number of ether oxygens (including phenoxy) is 1. The Kier molecular flexibility index (Phi) is 8.65. The standard InChI is InChI=1S/C47H41N5O4/c1-49(2)32-20-18-29(19-25-41-48-39-16-8-7-14-36(39)46(54)52(41)31-21-23-33(56-4)24-22-31)38(27-32)30-11-10-26-51(28-30)44-43-34-12-5-6-13-35(34)45(53)37-15-9-17-40(42(37)43)50(3)47(44)55/h5-9,12-25,27,30H,10-11,26,28H2,1-4H3/b25-19+. The maximum absolute atomic E-state index is 14.5. The molecule has 0 N–H and O–H groups in total. The Morgan fingerprint density at radius 1 is 0.804 bits per heavy atom. The van der Waals surface area contributed by atoms with Gasteiger partial charge in [-0.25, -0.2) is 4.98 Å². The lowest BCUT2D eigenvalue weighted by atomic mass is 9.82. The molecule has 1 saturated heterocycles. The first kappa shape index (κ1) is 35.0. The molecule has 9 rings (SSSR count). The first-order valence-electron chi connectivity index (χ1n) is 18.9. The van der Waals surface area contributed by atoms with Crippen molar-refractivity contribution < 1.29 is 9.53 Å². The van der Waals surface area contributed by atoms with Crippen LogP contribution in [0.15, 0.2) is 119 Å². The molecule has 3 heterocycles. The summed E-state index contributed by atoms with van der Waals surface area (Å²) in [6, 6.07) is 34.6. The number of methoxy groups -OCH3 is 1. The van der Waals surface area contributed by atoms with Crippen LogP contribution in [0.1, 0.15) is 51.6 Å². The molecule has 7 aromatic rings. The van der Waals surface area contributed by atoms with Gasteiger partial charge in [0.1, 0.15) is 17.3 Å². The summed E-state index contributed by atoms with van der Waals surface area (Å²) in [6.07, 6.45) is 5.79. The number of carbonyl (C=O) groups is 1. The van der Waals surface area contributed by atoms with E-state index in [0.29, 0.717) is 51.5 Å². The van der Waals surface area contributed by atoms with Crippen molar-refractivity contribution in [2.75, 3.05) is 44.1 Å². The van der Waals surface area contributed by atoms with E-state index in [2.05, 4.69) is 34.1 Å². The van der Waals surface area contributed by atoms with Crippen molar-refractivity contribution in [2.24, 2.45) is 7.05 Å². The van der Waals surface area contributed by atoms with E-state index in [9.17, 15) is 14.4 Å². The first-order valence-corrected chi connectivity index (χ1v) is 18.9. The van der Waals surface area contributed by atoms with E-state index in [-0.39, 0.29) is 22.8 Å². The van der Waals surface area contributed by atoms with Crippen molar-refractivity contribution in [3.05, 3.63) is 158 Å². The van der Waals surface area contributed by atoms with Crippen LogP contribution in [-0.2, 0) is 7.05 Å². The molecule has 0 bridgehead atoms. The highest BCUT2D eigenvalue weighted by molar-refractivity contribution is 6.27. The zero-order valence-corrected chi connectivity index (χ0v) is 31.8. The average molecular weight is 740 g/mol. The van der Waals surface area contributed by atoms with Gasteiger partial charge < -0.3 is 19.1 Å². The van der Waals surface area contributed by atoms with Gasteiger partial charge in [-0.3, -0.25) is 19.0 Å². The molecule has 9 heteroatoms. The lowest BCUT2D eigenvalue weighted by Gasteiger charge is -2.37. The monoisotopic (exact) mass is 739 g/mol. The smallest absolute Gasteiger partial charge is 0.274 e. The number of fused-ring (bicyclic) bond motifs is 3. The maximum atomic E-state index is 14.5. The number of piperidine rings is 1. The number of para-hydroxylation sites is 1. The second kappa shape index (κ2) is 13.8. The average Bonchev–Trinajstić information content (AvgIpc) is 3.23. The minimum atomic E-state index is -0.154. The summed E-state index contributed by atoms with van der Waals surface area (Å²) in [6.45, 7) is 1.34. The van der Waals surface area contributed by atoms with E-state index >= 15 is 0 Å². The molecule has 1 fully saturated rings. The zero-order chi connectivity index (χ0) is 38.7. The van der Waals surface area contributed by atoms with Crippen molar-refractivity contribution in [1.82, 2.24) is 14.1 Å². The summed E-state index contributed by atoms with van der Waals surface area (Å²) >= 11 is 0. The van der Waals surface area contributed by atoms with Crippen LogP contribution in [0.25, 0.3) is 50.8 Å². The van der Waals surface area contributed by atoms with Gasteiger partial charge in [0.2, 0.25) is 0 Å². The van der Waals surface area contributed by atoms with Crippen LogP contribution in [0.5, 0.6) is 5.75 Å². The van der Waals surface area contributed by atoms with E-state index in [1.807, 2.05) is 105 Å². The summed E-state index contributed by atoms with van der Waals surface area (Å²) in [5, 5.41) is 1.37. The number of pyridine rings is 1. The van der Waals surface area contributed by atoms with Crippen LogP contribution in [0, 0.1) is 0 Å². The Labute approximate surface area is 324 Å². The largest absolute Gasteiger partial charge is 0.497 e. The van der Waals surface area contributed by atoms with Crippen molar-refractivity contribution in [1.29, 1.82) is 0 Å². The van der Waals surface area contributed by atoms with Gasteiger partial charge in [-0.2, -0.15) is 0 Å². The third-order valence-electron chi connectivity index (χ3n) is 11.4. The third kappa shape index (κ3) is 5.70. The van der Waals surface area contributed by atoms with Gasteiger partial charge in [0.15, 0.2) is 5.78 Å². The molecule has 2 aliphatic rings. The number of aromatic nitrogens is 3. The number of aryl methyl sites for hydroxylation is 1. The number of anilines is 2. The molecule has 1 unspecified atom stereocenters. The molecule has 1 aliphatic carbocycles. The Hall–Kier alpha value is -6.74. The van der Waals surface area contributed by atoms with E-state index < -0.39 is 0 Å². The number of ketones is 1. The van der Waals surface area contributed by atoms with Gasteiger partial charge in [-0.05, 0) is 90.2 Å². The second-order valence-electron chi connectivity index (χ2n) is 14.8. The summed E-state index contributed by atoms with van der Waals surface area (Å²) < 4.78 is 8.73. The lowest BCUT2D eigenvalue weighted by molar-refractivity contribution is 0.104. The van der Waals surface area contributed by atoms with Crippen molar-refractivity contribution >= 4 is 51.1 Å². The van der Waals surface area contributed by atoms with Gasteiger partial charge >= 0.3 is 0 Å². The molecule has 1 atom stereocenters. The van der Waals surface area contributed by atoms with Crippen LogP contribution in [0.3, 0.4) is 0 Å². The zero-order valence-electron chi connectivity index (χ0n) is 31.8. The third-order valence-corrected chi connectivity index (χ3v) is 11.4. The minimum Gasteiger partial charge on any atom is -0.497 e. The molecule has 0 amide bonds. The van der Waals surface area contributed by atoms with Gasteiger partial charge in [0, 0.05) is 67.9 Å². The van der Waals surface area contributed by atoms with E-state index in [0.717, 1.165) is 58.2 Å². The number of hydrogen-bond donors (Lipinski definition) is 0. The first-order chi connectivity index (χ1) is 27.2. The molecule has 278 valence electrons. The van der Waals surface area contributed by atoms with Gasteiger partial charge in [-0.15, -0.1) is 0 Å². The highest BCUT2D eigenvalue weighted by Crippen LogP contribution is 2.45. The fraction of sp³-hybridized carbons (Fsp3) is 0.191. The summed E-state index contributed by atoms with van der Waals surface area (Å²) in [5.41, 5.74) is 8.61. The number of hydrogen-bond acceptors (Lipinski definition) is 7. The Morgan fingerprint density at radius 3 is 2.34 bits per heavy atom. The van der Waals surface area contributed by atoms with E-state index in [4.69, 9.17) is 9.72 Å². The minimum absolute atomic E-state index is 0.0185. The molecule has 5 aromatic carbocycles. The van der Waals surface area contributed by atoms with Crippen LogP contribution >= 0.6 is 0 Å². The van der Waals surface area contributed by atoms with Crippen molar-refractivity contribution in [3.63, 3.8) is 0 Å². The van der Waals surface area contributed by atoms with Crippen LogP contribution < -0.4 is 25.7 Å². The van der Waals surface area contributed by atoms with Gasteiger partial charge in [-0.1, -0.05) is 60.7 Å². The van der Waals surface area contributed by atoms with Crippen molar-refractivity contribution in [3.8, 4) is 22.6 Å². The number of carbonyl (C=O) groups excluding carboxylic acids is 1. The Morgan fingerprint density at radius 2 is 1.55 bits per heavy atom. The maximum Gasteiger partial charge on any atom is 0.274 e. The van der Waals surface area contributed by atoms with Gasteiger partial charge in [0.25, 0.3) is 11.1 Å². The number of rotatable bonds is 7. The molecule has 0 radical (unpaired) electrons. The SMILES string of the molecule is COc1ccc(-n2c(/C=C/c3ccc(N(C)C)cc3C3CCCN(c4c5c6c(cccc6n(C)c4=O)C(=O)c4ccccc4-5)C3)nc3ccccc3c2=O)cc1. The summed E-state index contributed by atoms with van der Waals surface area (Å²) in [5.74, 6) is 1.27. The van der Waals surface area contributed by atoms with Gasteiger partial charge in [0.05, 0.1) is 29.2 Å². The van der Waals surface area contributed by atoms with Crippen LogP contribution in [0.2, 0.25) is 0 Å². The number of nitrogens with zero attached hydrogens (tertiary/aromatic N) is 5. The topological polar surface area (TPSA) is 89.7 Å². The van der Waals surface area contributed by atoms with Crippen LogP contribution in [0.4, 0.5) is 11.4 Å². The molecule has 2 aromatic heterocycles. The molecular formula is C47H41N5O4. The highest BCUT2D eigenvalue weighted by atomic mass is 16.5. The molecule has 0 spiro atoms. The molecule has 9 nitrogen and oxygen atoms in total. The normalized spacial score (nSPS) is 15.1. The van der Waals surface area contributed by atoms with E-state index in [1.54, 1.807) is 29.4 Å². The fourth-order valence-corrected chi connectivity index (χ4v) is 8.55. The lowest BCUT2D eigenvalue weighted by Crippen LogP contribution is -2.40. The van der Waals surface area contributed by atoms with Crippen LogP contribution in [-0.4, -0.2) is 54.2 Å². The molecule has 0 saturated carbocycles. The second-order valence-corrected chi connectivity index (χ2v) is 14.8. The molecular weight excluding hydrogens is 699 g/mol. The fourth-order valence-electron chi connectivity index (χ4n) is 8.55. The quantitative estimate of drug-likeness (QED) is 0.163. The molecule has 1 aliphatic heterocycles. The Bertz CT molecular complexity index is 2870. The predicted molar refractivity (Wildman–Crippen MR) is 226 cm³/mol. The number of benzene rings is 5. The predicted octanol–water partition coefficient (Wildman–Crippen LogP) is 8.08. The van der Waals surface area contributed by atoms with E-state index in [1.165, 1.54) is 0 Å². The summed E-state index contributed by atoms with van der Waals surface area (Å²) in [7, 11) is 7.49. The molecule has 56 heavy (non-hydrogen) atoms. The Balaban J connectivity index is 1.16. The highest BCUT2D eigenvalue weighted by Gasteiger charge is 2.33.